The Labute approximate surface area is 113 Å². The molecule has 1 aliphatic carbocycles. The molecular formula is C15H31N3. The minimum absolute atomic E-state index is 0.340. The van der Waals surface area contributed by atoms with Gasteiger partial charge in [-0.3, -0.25) is 4.90 Å². The van der Waals surface area contributed by atoms with Gasteiger partial charge in [-0.1, -0.05) is 6.42 Å². The van der Waals surface area contributed by atoms with E-state index in [1.807, 2.05) is 0 Å². The minimum Gasteiger partial charge on any atom is -0.317 e. The molecule has 0 radical (unpaired) electrons. The molecule has 1 aliphatic heterocycles. The molecule has 2 atom stereocenters. The van der Waals surface area contributed by atoms with Crippen molar-refractivity contribution in [2.45, 2.75) is 51.6 Å². The fourth-order valence-electron chi connectivity index (χ4n) is 3.57. The van der Waals surface area contributed by atoms with Crippen LogP contribution in [0.25, 0.3) is 0 Å². The number of nitrogens with one attached hydrogen (secondary N) is 1. The van der Waals surface area contributed by atoms with E-state index in [1.54, 1.807) is 0 Å². The average molecular weight is 253 g/mol. The van der Waals surface area contributed by atoms with Crippen molar-refractivity contribution < 1.29 is 0 Å². The molecule has 1 heterocycles. The molecule has 3 heteroatoms. The van der Waals surface area contributed by atoms with Gasteiger partial charge in [-0.15, -0.1) is 0 Å². The lowest BCUT2D eigenvalue weighted by atomic mass is 10.0. The maximum atomic E-state index is 3.50. The van der Waals surface area contributed by atoms with E-state index in [2.05, 4.69) is 42.9 Å². The highest BCUT2D eigenvalue weighted by Gasteiger charge is 2.30. The molecule has 2 fully saturated rings. The highest BCUT2D eigenvalue weighted by molar-refractivity contribution is 4.87. The lowest BCUT2D eigenvalue weighted by Gasteiger charge is -2.43. The normalized spacial score (nSPS) is 32.0. The molecule has 1 saturated heterocycles. The van der Waals surface area contributed by atoms with Crippen molar-refractivity contribution in [3.05, 3.63) is 0 Å². The molecule has 1 saturated carbocycles. The Morgan fingerprint density at radius 3 is 2.28 bits per heavy atom. The van der Waals surface area contributed by atoms with E-state index in [4.69, 9.17) is 0 Å². The zero-order valence-corrected chi connectivity index (χ0v) is 12.7. The molecule has 0 spiro atoms. The predicted molar refractivity (Wildman–Crippen MR) is 78.0 cm³/mol. The molecule has 18 heavy (non-hydrogen) atoms. The molecule has 0 aromatic rings. The first-order valence-electron chi connectivity index (χ1n) is 7.65. The first-order valence-corrected chi connectivity index (χ1v) is 7.65. The summed E-state index contributed by atoms with van der Waals surface area (Å²) in [6.45, 7) is 13.3. The molecule has 3 nitrogen and oxygen atoms in total. The van der Waals surface area contributed by atoms with E-state index in [9.17, 15) is 0 Å². The van der Waals surface area contributed by atoms with Gasteiger partial charge in [-0.05, 0) is 46.6 Å². The lowest BCUT2D eigenvalue weighted by molar-refractivity contribution is 0.0539. The van der Waals surface area contributed by atoms with E-state index in [-0.39, 0.29) is 0 Å². The van der Waals surface area contributed by atoms with Gasteiger partial charge in [0, 0.05) is 44.3 Å². The summed E-state index contributed by atoms with van der Waals surface area (Å²) in [7, 11) is 2.13. The van der Waals surface area contributed by atoms with Crippen LogP contribution in [0.5, 0.6) is 0 Å². The van der Waals surface area contributed by atoms with Crippen LogP contribution < -0.4 is 5.32 Å². The molecular weight excluding hydrogens is 222 g/mol. The van der Waals surface area contributed by atoms with E-state index in [1.165, 1.54) is 52.0 Å². The second-order valence-electron chi connectivity index (χ2n) is 7.04. The van der Waals surface area contributed by atoms with Crippen molar-refractivity contribution in [3.8, 4) is 0 Å². The van der Waals surface area contributed by atoms with Crippen LogP contribution in [0.4, 0.5) is 0 Å². The van der Waals surface area contributed by atoms with Gasteiger partial charge in [0.25, 0.3) is 0 Å². The van der Waals surface area contributed by atoms with E-state index >= 15 is 0 Å². The van der Waals surface area contributed by atoms with E-state index in [0.29, 0.717) is 5.54 Å². The van der Waals surface area contributed by atoms with Crippen LogP contribution in [0.1, 0.15) is 40.0 Å². The van der Waals surface area contributed by atoms with Gasteiger partial charge in [0.2, 0.25) is 0 Å². The largest absolute Gasteiger partial charge is 0.317 e. The topological polar surface area (TPSA) is 18.5 Å². The summed E-state index contributed by atoms with van der Waals surface area (Å²) in [4.78, 5) is 5.30. The van der Waals surface area contributed by atoms with Crippen LogP contribution in [-0.4, -0.2) is 61.2 Å². The Balaban J connectivity index is 1.77. The maximum Gasteiger partial charge on any atom is 0.0126 e. The number of rotatable bonds is 3. The van der Waals surface area contributed by atoms with Gasteiger partial charge in [0.1, 0.15) is 0 Å². The maximum absolute atomic E-state index is 3.50. The van der Waals surface area contributed by atoms with Gasteiger partial charge < -0.3 is 10.2 Å². The van der Waals surface area contributed by atoms with Crippen molar-refractivity contribution in [3.63, 3.8) is 0 Å². The van der Waals surface area contributed by atoms with Crippen molar-refractivity contribution in [1.29, 1.82) is 0 Å². The third kappa shape index (κ3) is 3.46. The Morgan fingerprint density at radius 1 is 1.06 bits per heavy atom. The standard InChI is InChI=1S/C15H31N3/c1-15(2,3)18-10-8-17(9-11-18)12-13-6-5-7-14(13)16-4/h13-14,16H,5-12H2,1-4H3. The third-order valence-electron chi connectivity index (χ3n) is 4.84. The van der Waals surface area contributed by atoms with Gasteiger partial charge in [0.05, 0.1) is 0 Å². The van der Waals surface area contributed by atoms with Crippen LogP contribution in [0.15, 0.2) is 0 Å². The van der Waals surface area contributed by atoms with Gasteiger partial charge in [-0.2, -0.15) is 0 Å². The Kier molecular flexibility index (Phi) is 4.68. The highest BCUT2D eigenvalue weighted by Crippen LogP contribution is 2.27. The molecule has 0 aromatic heterocycles. The summed E-state index contributed by atoms with van der Waals surface area (Å²) in [6.07, 6.45) is 4.21. The second kappa shape index (κ2) is 5.89. The first-order chi connectivity index (χ1) is 8.50. The highest BCUT2D eigenvalue weighted by atomic mass is 15.3. The number of hydrogen-bond acceptors (Lipinski definition) is 3. The number of hydrogen-bond donors (Lipinski definition) is 1. The van der Waals surface area contributed by atoms with Crippen LogP contribution >= 0.6 is 0 Å². The van der Waals surface area contributed by atoms with Crippen LogP contribution in [-0.2, 0) is 0 Å². The fraction of sp³-hybridized carbons (Fsp3) is 1.00. The quantitative estimate of drug-likeness (QED) is 0.827. The molecule has 0 amide bonds. The summed E-state index contributed by atoms with van der Waals surface area (Å²) in [5.74, 6) is 0.885. The van der Waals surface area contributed by atoms with Crippen molar-refractivity contribution in [1.82, 2.24) is 15.1 Å². The summed E-state index contributed by atoms with van der Waals surface area (Å²) >= 11 is 0. The fourth-order valence-corrected chi connectivity index (χ4v) is 3.57. The Morgan fingerprint density at radius 2 is 1.72 bits per heavy atom. The number of nitrogens with zero attached hydrogens (tertiary/aromatic N) is 2. The molecule has 2 aliphatic rings. The average Bonchev–Trinajstić information content (AvgIpc) is 2.76. The SMILES string of the molecule is CNC1CCCC1CN1CCN(C(C)(C)C)CC1. The summed E-state index contributed by atoms with van der Waals surface area (Å²) in [5.41, 5.74) is 0.340. The minimum atomic E-state index is 0.340. The van der Waals surface area contributed by atoms with Gasteiger partial charge in [0.15, 0.2) is 0 Å². The molecule has 2 unspecified atom stereocenters. The summed E-state index contributed by atoms with van der Waals surface area (Å²) in [5, 5.41) is 3.50. The van der Waals surface area contributed by atoms with Crippen LogP contribution in [0, 0.1) is 5.92 Å². The molecule has 0 aromatic carbocycles. The monoisotopic (exact) mass is 253 g/mol. The van der Waals surface area contributed by atoms with Crippen molar-refractivity contribution in [2.24, 2.45) is 5.92 Å². The van der Waals surface area contributed by atoms with E-state index < -0.39 is 0 Å². The second-order valence-corrected chi connectivity index (χ2v) is 7.04. The van der Waals surface area contributed by atoms with E-state index in [0.717, 1.165) is 12.0 Å². The lowest BCUT2D eigenvalue weighted by Crippen LogP contribution is -2.54. The van der Waals surface area contributed by atoms with Gasteiger partial charge >= 0.3 is 0 Å². The third-order valence-corrected chi connectivity index (χ3v) is 4.84. The zero-order valence-electron chi connectivity index (χ0n) is 12.7. The molecule has 0 bridgehead atoms. The van der Waals surface area contributed by atoms with Crippen molar-refractivity contribution in [2.75, 3.05) is 39.8 Å². The number of piperazine rings is 1. The summed E-state index contributed by atoms with van der Waals surface area (Å²) in [6, 6.07) is 0.769. The molecule has 106 valence electrons. The van der Waals surface area contributed by atoms with Crippen LogP contribution in [0.2, 0.25) is 0 Å². The summed E-state index contributed by atoms with van der Waals surface area (Å²) < 4.78 is 0. The smallest absolute Gasteiger partial charge is 0.0126 e. The predicted octanol–water partition coefficient (Wildman–Crippen LogP) is 1.79. The van der Waals surface area contributed by atoms with Crippen LogP contribution in [0.3, 0.4) is 0 Å². The zero-order chi connectivity index (χ0) is 13.2. The Bertz CT molecular complexity index is 251. The van der Waals surface area contributed by atoms with Crippen molar-refractivity contribution >= 4 is 0 Å². The first kappa shape index (κ1) is 14.3. The molecule has 1 N–H and O–H groups in total. The van der Waals surface area contributed by atoms with Gasteiger partial charge in [-0.25, -0.2) is 0 Å². The molecule has 2 rings (SSSR count). The Hall–Kier alpha value is -0.120.